The van der Waals surface area contributed by atoms with Crippen molar-refractivity contribution in [1.29, 1.82) is 0 Å². The van der Waals surface area contributed by atoms with Crippen molar-refractivity contribution in [2.24, 2.45) is 0 Å². The fourth-order valence-corrected chi connectivity index (χ4v) is 3.34. The number of ether oxygens (including phenoxy) is 2. The monoisotopic (exact) mass is 454 g/mol. The lowest BCUT2D eigenvalue weighted by Gasteiger charge is -2.18. The van der Waals surface area contributed by atoms with Crippen LogP contribution in [0.2, 0.25) is 0 Å². The second-order valence-electron chi connectivity index (χ2n) is 7.93. The number of rotatable bonds is 13. The number of aliphatic hydroxyl groups excluding tert-OH is 3. The molecule has 1 atom stereocenters. The van der Waals surface area contributed by atoms with Crippen molar-refractivity contribution in [2.45, 2.75) is 52.2 Å². The molecule has 0 saturated heterocycles. The fraction of sp³-hybridized carbons (Fsp3) is 0.370. The highest BCUT2D eigenvalue weighted by molar-refractivity contribution is 5.90. The minimum atomic E-state index is -1.42. The molecule has 1 unspecified atom stereocenters. The first-order valence-electron chi connectivity index (χ1n) is 11.2. The van der Waals surface area contributed by atoms with E-state index in [0.29, 0.717) is 0 Å². The van der Waals surface area contributed by atoms with Gasteiger partial charge in [-0.25, -0.2) is 4.79 Å². The zero-order chi connectivity index (χ0) is 24.4. The molecule has 0 aliphatic carbocycles. The summed E-state index contributed by atoms with van der Waals surface area (Å²) in [6.45, 7) is 10.4. The Kier molecular flexibility index (Phi) is 10.3. The van der Waals surface area contributed by atoms with Crippen LogP contribution in [0.1, 0.15) is 44.2 Å². The molecule has 3 N–H and O–H groups in total. The van der Waals surface area contributed by atoms with E-state index in [1.807, 2.05) is 6.07 Å². The molecule has 6 nitrogen and oxygen atoms in total. The second kappa shape index (κ2) is 12.9. The van der Waals surface area contributed by atoms with Crippen molar-refractivity contribution in [3.8, 4) is 22.6 Å². The van der Waals surface area contributed by atoms with Crippen molar-refractivity contribution >= 4 is 5.97 Å². The third kappa shape index (κ3) is 7.56. The van der Waals surface area contributed by atoms with Gasteiger partial charge in [0.2, 0.25) is 6.29 Å². The molecule has 0 aromatic heterocycles. The highest BCUT2D eigenvalue weighted by Gasteiger charge is 2.16. The molecule has 0 heterocycles. The Morgan fingerprint density at radius 2 is 1.73 bits per heavy atom. The fourth-order valence-electron chi connectivity index (χ4n) is 3.34. The van der Waals surface area contributed by atoms with Gasteiger partial charge in [0.15, 0.2) is 0 Å². The summed E-state index contributed by atoms with van der Waals surface area (Å²) in [6, 6.07) is 11.2. The first-order chi connectivity index (χ1) is 15.8. The Hall–Kier alpha value is -2.93. The van der Waals surface area contributed by atoms with Gasteiger partial charge in [-0.3, -0.25) is 0 Å². The number of esters is 1. The first-order valence-corrected chi connectivity index (χ1v) is 11.2. The van der Waals surface area contributed by atoms with Gasteiger partial charge in [0.25, 0.3) is 0 Å². The molecule has 0 fully saturated rings. The lowest BCUT2D eigenvalue weighted by atomic mass is 9.94. The molecule has 0 spiro atoms. The highest BCUT2D eigenvalue weighted by Crippen LogP contribution is 2.34. The van der Waals surface area contributed by atoms with Gasteiger partial charge in [0.1, 0.15) is 11.5 Å². The molecule has 0 aliphatic heterocycles. The Morgan fingerprint density at radius 3 is 2.36 bits per heavy atom. The van der Waals surface area contributed by atoms with E-state index >= 15 is 0 Å². The van der Waals surface area contributed by atoms with Crippen LogP contribution in [0.25, 0.3) is 11.1 Å². The summed E-state index contributed by atoms with van der Waals surface area (Å²) in [5.74, 6) is -0.345. The molecule has 2 rings (SSSR count). The molecule has 0 amide bonds. The smallest absolute Gasteiger partial charge is 0.341 e. The van der Waals surface area contributed by atoms with Crippen molar-refractivity contribution in [2.75, 3.05) is 13.2 Å². The SMILES string of the molecule is C=C(CO)C(=O)Oc1cc(OC(O)C(=C)CO)cc(-c2ccc(CCCCC)cc2CC)c1. The zero-order valence-corrected chi connectivity index (χ0v) is 19.5. The number of carbonyl (C=O) groups excluding carboxylic acids is 1. The minimum Gasteiger partial charge on any atom is -0.461 e. The van der Waals surface area contributed by atoms with E-state index in [2.05, 4.69) is 39.1 Å². The molecule has 0 saturated carbocycles. The van der Waals surface area contributed by atoms with E-state index in [0.717, 1.165) is 36.0 Å². The van der Waals surface area contributed by atoms with E-state index in [4.69, 9.17) is 14.6 Å². The number of hydrogen-bond donors (Lipinski definition) is 3. The molecule has 0 bridgehead atoms. The lowest BCUT2D eigenvalue weighted by molar-refractivity contribution is -0.130. The third-order valence-corrected chi connectivity index (χ3v) is 5.30. The maximum absolute atomic E-state index is 12.2. The van der Waals surface area contributed by atoms with E-state index in [-0.39, 0.29) is 22.6 Å². The lowest BCUT2D eigenvalue weighted by Crippen LogP contribution is -2.20. The van der Waals surface area contributed by atoms with Gasteiger partial charge < -0.3 is 24.8 Å². The largest absolute Gasteiger partial charge is 0.461 e. The molecule has 33 heavy (non-hydrogen) atoms. The van der Waals surface area contributed by atoms with Crippen LogP contribution >= 0.6 is 0 Å². The number of aryl methyl sites for hydroxylation is 2. The van der Waals surface area contributed by atoms with Gasteiger partial charge in [-0.1, -0.05) is 58.0 Å². The average Bonchev–Trinajstić information content (AvgIpc) is 2.82. The van der Waals surface area contributed by atoms with Crippen LogP contribution in [-0.4, -0.2) is 40.8 Å². The standard InChI is InChI=1S/C27H34O6/c1-5-7-8-9-20-10-11-25(21(6-2)12-20)22-13-23(32-26(30)18(3)16-28)15-24(14-22)33-27(31)19(4)17-29/h10-15,26,28-30H,3-9,16-17H2,1-2H3. The van der Waals surface area contributed by atoms with Crippen molar-refractivity contribution in [1.82, 2.24) is 0 Å². The van der Waals surface area contributed by atoms with Gasteiger partial charge >= 0.3 is 5.97 Å². The third-order valence-electron chi connectivity index (χ3n) is 5.30. The van der Waals surface area contributed by atoms with E-state index < -0.39 is 25.5 Å². The van der Waals surface area contributed by atoms with Gasteiger partial charge in [0, 0.05) is 11.6 Å². The van der Waals surface area contributed by atoms with Crippen LogP contribution in [0, 0.1) is 0 Å². The van der Waals surface area contributed by atoms with Crippen LogP contribution in [0.5, 0.6) is 11.5 Å². The zero-order valence-electron chi connectivity index (χ0n) is 19.5. The van der Waals surface area contributed by atoms with Gasteiger partial charge in [-0.15, -0.1) is 0 Å². The number of hydrogen-bond acceptors (Lipinski definition) is 6. The topological polar surface area (TPSA) is 96.2 Å². The van der Waals surface area contributed by atoms with Crippen molar-refractivity contribution in [3.63, 3.8) is 0 Å². The summed E-state index contributed by atoms with van der Waals surface area (Å²) in [4.78, 5) is 12.2. The van der Waals surface area contributed by atoms with Gasteiger partial charge in [0.05, 0.1) is 18.8 Å². The minimum absolute atomic E-state index is 0.0813. The highest BCUT2D eigenvalue weighted by atomic mass is 16.6. The van der Waals surface area contributed by atoms with E-state index in [1.165, 1.54) is 24.5 Å². The Bertz CT molecular complexity index is 979. The Morgan fingerprint density at radius 1 is 1.00 bits per heavy atom. The molecule has 0 aliphatic rings. The van der Waals surface area contributed by atoms with Crippen LogP contribution in [0.3, 0.4) is 0 Å². The molecule has 6 heteroatoms. The predicted molar refractivity (Wildman–Crippen MR) is 129 cm³/mol. The van der Waals surface area contributed by atoms with Crippen molar-refractivity contribution < 1.29 is 29.6 Å². The van der Waals surface area contributed by atoms with Crippen molar-refractivity contribution in [3.05, 3.63) is 71.8 Å². The maximum Gasteiger partial charge on any atom is 0.341 e. The average molecular weight is 455 g/mol. The molecule has 2 aromatic rings. The molecular weight excluding hydrogens is 420 g/mol. The van der Waals surface area contributed by atoms with Crippen LogP contribution in [0.15, 0.2) is 60.7 Å². The summed E-state index contributed by atoms with van der Waals surface area (Å²) in [5, 5.41) is 28.5. The number of unbranched alkanes of at least 4 members (excludes halogenated alkanes) is 2. The molecule has 2 aromatic carbocycles. The van der Waals surface area contributed by atoms with Crippen LogP contribution in [0.4, 0.5) is 0 Å². The molecule has 178 valence electrons. The second-order valence-corrected chi connectivity index (χ2v) is 7.93. The van der Waals surface area contributed by atoms with E-state index in [9.17, 15) is 15.0 Å². The maximum atomic E-state index is 12.2. The first kappa shape index (κ1) is 26.3. The van der Waals surface area contributed by atoms with Gasteiger partial charge in [-0.05, 0) is 53.6 Å². The number of aliphatic hydroxyl groups is 3. The summed E-state index contributed by atoms with van der Waals surface area (Å²) in [7, 11) is 0. The van der Waals surface area contributed by atoms with Gasteiger partial charge in [-0.2, -0.15) is 0 Å². The normalized spacial score (nSPS) is 11.7. The Labute approximate surface area is 195 Å². The Balaban J connectivity index is 2.46. The van der Waals surface area contributed by atoms with Crippen LogP contribution < -0.4 is 9.47 Å². The molecular formula is C27H34O6. The van der Waals surface area contributed by atoms with Crippen LogP contribution in [-0.2, 0) is 17.6 Å². The number of carbonyl (C=O) groups is 1. The summed E-state index contributed by atoms with van der Waals surface area (Å²) >= 11 is 0. The molecule has 0 radical (unpaired) electrons. The summed E-state index contributed by atoms with van der Waals surface area (Å²) < 4.78 is 10.9. The summed E-state index contributed by atoms with van der Waals surface area (Å²) in [5.41, 5.74) is 4.12. The predicted octanol–water partition coefficient (Wildman–Crippen LogP) is 4.35. The quantitative estimate of drug-likeness (QED) is 0.104. The van der Waals surface area contributed by atoms with E-state index in [1.54, 1.807) is 12.1 Å². The summed E-state index contributed by atoms with van der Waals surface area (Å²) in [6.07, 6.45) is 3.91. The number of benzene rings is 2.